The Kier molecular flexibility index (Phi) is 2.67. The monoisotopic (exact) mass is 188 g/mol. The second-order valence-electron chi connectivity index (χ2n) is 4.25. The van der Waals surface area contributed by atoms with Crippen LogP contribution in [0.15, 0.2) is 24.3 Å². The molecule has 0 N–H and O–H groups in total. The summed E-state index contributed by atoms with van der Waals surface area (Å²) in [5, 5.41) is 0. The van der Waals surface area contributed by atoms with Gasteiger partial charge in [-0.05, 0) is 36.8 Å². The Hall–Kier alpha value is -1.11. The molecule has 0 aliphatic heterocycles. The Morgan fingerprint density at radius 1 is 1.43 bits per heavy atom. The van der Waals surface area contributed by atoms with Gasteiger partial charge in [-0.25, -0.2) is 0 Å². The Balaban J connectivity index is 2.13. The van der Waals surface area contributed by atoms with E-state index in [2.05, 4.69) is 18.2 Å². The predicted octanol–water partition coefficient (Wildman–Crippen LogP) is 3.09. The van der Waals surface area contributed by atoms with Gasteiger partial charge in [-0.3, -0.25) is 4.79 Å². The second kappa shape index (κ2) is 3.95. The summed E-state index contributed by atoms with van der Waals surface area (Å²) in [6.45, 7) is 1.65. The van der Waals surface area contributed by atoms with Gasteiger partial charge in [-0.2, -0.15) is 0 Å². The molecule has 1 aliphatic rings. The van der Waals surface area contributed by atoms with Crippen molar-refractivity contribution in [3.63, 3.8) is 0 Å². The zero-order chi connectivity index (χ0) is 9.97. The minimum atomic E-state index is 0.246. The molecule has 1 aromatic rings. The van der Waals surface area contributed by atoms with Crippen LogP contribution in [0.25, 0.3) is 0 Å². The summed E-state index contributed by atoms with van der Waals surface area (Å²) in [5.41, 5.74) is 2.59. The highest BCUT2D eigenvalue weighted by molar-refractivity contribution is 5.78. The van der Waals surface area contributed by atoms with Gasteiger partial charge in [-0.15, -0.1) is 0 Å². The fourth-order valence-electron chi connectivity index (χ4n) is 1.99. The molecular weight excluding hydrogens is 172 g/mol. The fourth-order valence-corrected chi connectivity index (χ4v) is 1.99. The summed E-state index contributed by atoms with van der Waals surface area (Å²) in [6.07, 6.45) is 4.59. The van der Waals surface area contributed by atoms with Crippen molar-refractivity contribution in [1.82, 2.24) is 0 Å². The second-order valence-corrected chi connectivity index (χ2v) is 4.25. The number of benzene rings is 1. The van der Waals surface area contributed by atoms with E-state index < -0.39 is 0 Å². The smallest absolute Gasteiger partial charge is 0.134 e. The van der Waals surface area contributed by atoms with Gasteiger partial charge in [0.1, 0.15) is 5.78 Å². The lowest BCUT2D eigenvalue weighted by molar-refractivity contribution is -0.116. The summed E-state index contributed by atoms with van der Waals surface area (Å²) in [4.78, 5) is 11.0. The number of hydrogen-bond donors (Lipinski definition) is 0. The van der Waals surface area contributed by atoms with Crippen molar-refractivity contribution < 1.29 is 4.79 Å². The molecule has 0 bridgehead atoms. The number of carbonyl (C=O) groups excluding carboxylic acids is 1. The quantitative estimate of drug-likeness (QED) is 0.712. The maximum Gasteiger partial charge on any atom is 0.134 e. The third kappa shape index (κ3) is 2.03. The summed E-state index contributed by atoms with van der Waals surface area (Å²) >= 11 is 0. The Morgan fingerprint density at radius 3 is 2.79 bits per heavy atom. The van der Waals surface area contributed by atoms with E-state index in [4.69, 9.17) is 0 Å². The standard InChI is InChI=1S/C13H16O/c1-10(14)8-11-4-2-7-13(9-11)12-5-3-6-12/h2,4,7,9,12H,3,5-6,8H2,1H3. The van der Waals surface area contributed by atoms with E-state index in [1.165, 1.54) is 30.4 Å². The highest BCUT2D eigenvalue weighted by atomic mass is 16.1. The van der Waals surface area contributed by atoms with Crippen LogP contribution in [-0.2, 0) is 11.2 Å². The average Bonchev–Trinajstić information content (AvgIpc) is 1.99. The van der Waals surface area contributed by atoms with Crippen molar-refractivity contribution in [2.75, 3.05) is 0 Å². The Morgan fingerprint density at radius 2 is 2.21 bits per heavy atom. The number of ketones is 1. The van der Waals surface area contributed by atoms with Gasteiger partial charge in [0.2, 0.25) is 0 Å². The van der Waals surface area contributed by atoms with Crippen LogP contribution in [0.3, 0.4) is 0 Å². The van der Waals surface area contributed by atoms with Gasteiger partial charge in [0.05, 0.1) is 0 Å². The molecule has 1 fully saturated rings. The van der Waals surface area contributed by atoms with E-state index in [1.54, 1.807) is 6.92 Å². The molecule has 1 nitrogen and oxygen atoms in total. The molecule has 0 heterocycles. The van der Waals surface area contributed by atoms with E-state index in [-0.39, 0.29) is 5.78 Å². The summed E-state index contributed by atoms with van der Waals surface area (Å²) < 4.78 is 0. The van der Waals surface area contributed by atoms with E-state index in [1.807, 2.05) is 6.07 Å². The number of hydrogen-bond acceptors (Lipinski definition) is 1. The molecular formula is C13H16O. The summed E-state index contributed by atoms with van der Waals surface area (Å²) in [7, 11) is 0. The van der Waals surface area contributed by atoms with E-state index in [0.717, 1.165) is 5.92 Å². The maximum absolute atomic E-state index is 11.0. The molecule has 1 heteroatoms. The van der Waals surface area contributed by atoms with Crippen LogP contribution in [-0.4, -0.2) is 5.78 Å². The highest BCUT2D eigenvalue weighted by Gasteiger charge is 2.19. The topological polar surface area (TPSA) is 17.1 Å². The molecule has 1 aliphatic carbocycles. The van der Waals surface area contributed by atoms with Crippen LogP contribution in [0.1, 0.15) is 43.2 Å². The highest BCUT2D eigenvalue weighted by Crippen LogP contribution is 2.36. The zero-order valence-corrected chi connectivity index (χ0v) is 8.62. The van der Waals surface area contributed by atoms with Crippen LogP contribution < -0.4 is 0 Å². The van der Waals surface area contributed by atoms with Gasteiger partial charge in [0, 0.05) is 6.42 Å². The van der Waals surface area contributed by atoms with Gasteiger partial charge in [-0.1, -0.05) is 30.7 Å². The van der Waals surface area contributed by atoms with Crippen LogP contribution in [0, 0.1) is 0 Å². The maximum atomic E-state index is 11.0. The van der Waals surface area contributed by atoms with Crippen molar-refractivity contribution in [1.29, 1.82) is 0 Å². The van der Waals surface area contributed by atoms with E-state index in [0.29, 0.717) is 6.42 Å². The molecule has 0 unspecified atom stereocenters. The van der Waals surface area contributed by atoms with Crippen molar-refractivity contribution in [2.24, 2.45) is 0 Å². The minimum Gasteiger partial charge on any atom is -0.300 e. The van der Waals surface area contributed by atoms with Gasteiger partial charge in [0.25, 0.3) is 0 Å². The third-order valence-corrected chi connectivity index (χ3v) is 2.98. The van der Waals surface area contributed by atoms with E-state index in [9.17, 15) is 4.79 Å². The fraction of sp³-hybridized carbons (Fsp3) is 0.462. The lowest BCUT2D eigenvalue weighted by Crippen LogP contribution is -2.09. The molecule has 74 valence electrons. The molecule has 0 saturated heterocycles. The number of carbonyl (C=O) groups is 1. The first kappa shape index (κ1) is 9.45. The largest absolute Gasteiger partial charge is 0.300 e. The van der Waals surface area contributed by atoms with Crippen LogP contribution in [0.5, 0.6) is 0 Å². The van der Waals surface area contributed by atoms with Crippen LogP contribution in [0.2, 0.25) is 0 Å². The Labute approximate surface area is 85.1 Å². The lowest BCUT2D eigenvalue weighted by atomic mass is 9.79. The zero-order valence-electron chi connectivity index (χ0n) is 8.62. The number of rotatable bonds is 3. The van der Waals surface area contributed by atoms with Crippen molar-refractivity contribution >= 4 is 5.78 Å². The van der Waals surface area contributed by atoms with Crippen molar-refractivity contribution in [2.45, 2.75) is 38.5 Å². The average molecular weight is 188 g/mol. The summed E-state index contributed by atoms with van der Waals surface area (Å²) in [5.74, 6) is 1.01. The molecule has 1 aromatic carbocycles. The lowest BCUT2D eigenvalue weighted by Gasteiger charge is -2.26. The van der Waals surface area contributed by atoms with Crippen molar-refractivity contribution in [3.8, 4) is 0 Å². The predicted molar refractivity (Wildman–Crippen MR) is 57.4 cm³/mol. The summed E-state index contributed by atoms with van der Waals surface area (Å²) in [6, 6.07) is 8.51. The first-order chi connectivity index (χ1) is 6.75. The van der Waals surface area contributed by atoms with Gasteiger partial charge >= 0.3 is 0 Å². The normalized spacial score (nSPS) is 16.4. The molecule has 1 saturated carbocycles. The molecule has 14 heavy (non-hydrogen) atoms. The van der Waals surface area contributed by atoms with Crippen LogP contribution in [0.4, 0.5) is 0 Å². The molecule has 2 rings (SSSR count). The van der Waals surface area contributed by atoms with Gasteiger partial charge in [0.15, 0.2) is 0 Å². The molecule has 0 amide bonds. The van der Waals surface area contributed by atoms with Gasteiger partial charge < -0.3 is 0 Å². The SMILES string of the molecule is CC(=O)Cc1cccc(C2CCC2)c1. The molecule has 0 spiro atoms. The van der Waals surface area contributed by atoms with Crippen molar-refractivity contribution in [3.05, 3.63) is 35.4 Å². The first-order valence-corrected chi connectivity index (χ1v) is 5.34. The molecule has 0 aromatic heterocycles. The van der Waals surface area contributed by atoms with Crippen LogP contribution >= 0.6 is 0 Å². The third-order valence-electron chi connectivity index (χ3n) is 2.98. The van der Waals surface area contributed by atoms with E-state index >= 15 is 0 Å². The minimum absolute atomic E-state index is 0.246. The first-order valence-electron chi connectivity index (χ1n) is 5.34. The Bertz CT molecular complexity index is 337. The number of Topliss-reactive ketones (excluding diaryl/α,β-unsaturated/α-hetero) is 1. The molecule has 0 atom stereocenters. The molecule has 0 radical (unpaired) electrons.